The molecule has 2 aliphatic rings. The Morgan fingerprint density at radius 3 is 2.92 bits per heavy atom. The minimum absolute atomic E-state index is 0.0161. The molecule has 2 aromatic rings. The van der Waals surface area contributed by atoms with Crippen molar-refractivity contribution >= 4 is 45.1 Å². The second-order valence-corrected chi connectivity index (χ2v) is 8.27. The summed E-state index contributed by atoms with van der Waals surface area (Å²) in [7, 11) is 0. The van der Waals surface area contributed by atoms with E-state index < -0.39 is 5.25 Å². The van der Waals surface area contributed by atoms with Crippen LogP contribution in [0, 0.1) is 11.3 Å². The zero-order valence-corrected chi connectivity index (χ0v) is 15.2. The van der Waals surface area contributed by atoms with Crippen LogP contribution >= 0.6 is 23.1 Å². The van der Waals surface area contributed by atoms with E-state index in [4.69, 9.17) is 5.73 Å². The smallest absolute Gasteiger partial charge is 0.262 e. The topological polar surface area (TPSA) is 108 Å². The van der Waals surface area contributed by atoms with Gasteiger partial charge in [0.15, 0.2) is 5.17 Å². The molecule has 0 radical (unpaired) electrons. The molecule has 26 heavy (non-hydrogen) atoms. The Morgan fingerprint density at radius 2 is 2.19 bits per heavy atom. The first-order valence-electron chi connectivity index (χ1n) is 8.05. The average Bonchev–Trinajstić information content (AvgIpc) is 3.13. The van der Waals surface area contributed by atoms with Crippen LogP contribution in [0.3, 0.4) is 0 Å². The van der Waals surface area contributed by atoms with Gasteiger partial charge in [-0.25, -0.2) is 0 Å². The third-order valence-electron chi connectivity index (χ3n) is 4.41. The Morgan fingerprint density at radius 1 is 1.38 bits per heavy atom. The Labute approximate surface area is 158 Å². The maximum Gasteiger partial charge on any atom is 0.262 e. The van der Waals surface area contributed by atoms with Crippen molar-refractivity contribution in [2.75, 3.05) is 5.32 Å². The molecule has 0 fully saturated rings. The standard InChI is InChI=1S/C18H14N4O2S2/c19-8-12-11-6-5-9-3-1-2-4-10(9)15(11)26-17(12)21-14(23)7-13-16(24)22-18(20)25-13/h1-4,13H,5-7H2,(H,21,23)(H2,20,22,24)/t13-/m0/s1. The fourth-order valence-electron chi connectivity index (χ4n) is 3.23. The third kappa shape index (κ3) is 2.89. The lowest BCUT2D eigenvalue weighted by atomic mass is 9.90. The highest BCUT2D eigenvalue weighted by Gasteiger charge is 2.30. The summed E-state index contributed by atoms with van der Waals surface area (Å²) in [5, 5.41) is 12.6. The number of hydrogen-bond acceptors (Lipinski definition) is 6. The summed E-state index contributed by atoms with van der Waals surface area (Å²) in [5.41, 5.74) is 9.41. The van der Waals surface area contributed by atoms with Crippen LogP contribution in [0.1, 0.15) is 23.1 Å². The van der Waals surface area contributed by atoms with Crippen LogP contribution in [0.5, 0.6) is 0 Å². The number of carbonyl (C=O) groups excluding carboxylic acids is 2. The first-order chi connectivity index (χ1) is 12.6. The van der Waals surface area contributed by atoms with Gasteiger partial charge < -0.3 is 11.1 Å². The summed E-state index contributed by atoms with van der Waals surface area (Å²) in [6.07, 6.45) is 1.65. The SMILES string of the molecule is N#Cc1c(NC(=O)C[C@@H]2SC(N)=NC2=O)sc2c1CCc1ccccc1-2. The Kier molecular flexibility index (Phi) is 4.26. The molecule has 8 heteroatoms. The number of nitrogens with zero attached hydrogens (tertiary/aromatic N) is 2. The number of amides is 2. The minimum atomic E-state index is -0.587. The molecule has 0 saturated carbocycles. The molecule has 1 aromatic carbocycles. The highest BCUT2D eigenvalue weighted by atomic mass is 32.2. The average molecular weight is 382 g/mol. The van der Waals surface area contributed by atoms with Gasteiger partial charge in [0.05, 0.1) is 5.56 Å². The molecule has 4 rings (SSSR count). The lowest BCUT2D eigenvalue weighted by molar-refractivity contribution is -0.121. The van der Waals surface area contributed by atoms with Crippen molar-refractivity contribution in [2.45, 2.75) is 24.5 Å². The van der Waals surface area contributed by atoms with Gasteiger partial charge in [-0.15, -0.1) is 11.3 Å². The molecular formula is C18H14N4O2S2. The van der Waals surface area contributed by atoms with Gasteiger partial charge in [-0.2, -0.15) is 10.3 Å². The van der Waals surface area contributed by atoms with E-state index in [1.54, 1.807) is 0 Å². The van der Waals surface area contributed by atoms with Crippen LogP contribution in [0.15, 0.2) is 29.3 Å². The normalized spacial score (nSPS) is 17.9. The number of benzene rings is 1. The summed E-state index contributed by atoms with van der Waals surface area (Å²) >= 11 is 2.51. The van der Waals surface area contributed by atoms with E-state index in [1.165, 1.54) is 16.9 Å². The van der Waals surface area contributed by atoms with E-state index in [1.807, 2.05) is 18.2 Å². The van der Waals surface area contributed by atoms with Gasteiger partial charge in [0.2, 0.25) is 5.91 Å². The van der Waals surface area contributed by atoms with Gasteiger partial charge in [0.25, 0.3) is 5.91 Å². The number of nitriles is 1. The van der Waals surface area contributed by atoms with Crippen molar-refractivity contribution in [1.29, 1.82) is 5.26 Å². The van der Waals surface area contributed by atoms with Crippen LogP contribution in [0.4, 0.5) is 5.00 Å². The van der Waals surface area contributed by atoms with Crippen LogP contribution in [0.25, 0.3) is 10.4 Å². The molecule has 6 nitrogen and oxygen atoms in total. The van der Waals surface area contributed by atoms with Crippen LogP contribution in [0.2, 0.25) is 0 Å². The number of aliphatic imine (C=N–C) groups is 1. The van der Waals surface area contributed by atoms with Crippen molar-refractivity contribution in [3.8, 4) is 16.5 Å². The quantitative estimate of drug-likeness (QED) is 0.848. The van der Waals surface area contributed by atoms with Gasteiger partial charge in [-0.1, -0.05) is 36.0 Å². The minimum Gasteiger partial charge on any atom is -0.378 e. The number of nitrogens with two attached hydrogens (primary N) is 1. The number of carbonyl (C=O) groups is 2. The van der Waals surface area contributed by atoms with Gasteiger partial charge in [-0.05, 0) is 29.5 Å². The Hall–Kier alpha value is -2.63. The molecule has 3 N–H and O–H groups in total. The number of fused-ring (bicyclic) bond motifs is 3. The predicted octanol–water partition coefficient (Wildman–Crippen LogP) is 2.67. The fourth-order valence-corrected chi connectivity index (χ4v) is 5.32. The van der Waals surface area contributed by atoms with Crippen LogP contribution in [-0.2, 0) is 22.4 Å². The summed E-state index contributed by atoms with van der Waals surface area (Å²) in [6.45, 7) is 0. The van der Waals surface area contributed by atoms with E-state index >= 15 is 0 Å². The molecule has 0 bridgehead atoms. The molecule has 0 saturated heterocycles. The van der Waals surface area contributed by atoms with Crippen molar-refractivity contribution in [1.82, 2.24) is 0 Å². The molecule has 1 aromatic heterocycles. The van der Waals surface area contributed by atoms with Crippen LogP contribution in [-0.4, -0.2) is 22.2 Å². The lowest BCUT2D eigenvalue weighted by Gasteiger charge is -2.15. The maximum absolute atomic E-state index is 12.4. The first-order valence-corrected chi connectivity index (χ1v) is 9.75. The van der Waals surface area contributed by atoms with Gasteiger partial charge in [0.1, 0.15) is 16.3 Å². The molecule has 1 aliphatic carbocycles. The monoisotopic (exact) mass is 382 g/mol. The number of anilines is 1. The number of nitrogens with one attached hydrogen (secondary N) is 1. The highest BCUT2D eigenvalue weighted by molar-refractivity contribution is 8.15. The number of rotatable bonds is 3. The van der Waals surface area contributed by atoms with E-state index in [9.17, 15) is 14.9 Å². The third-order valence-corrected chi connectivity index (χ3v) is 6.57. The van der Waals surface area contributed by atoms with E-state index in [0.29, 0.717) is 10.6 Å². The molecular weight excluding hydrogens is 368 g/mol. The predicted molar refractivity (Wildman–Crippen MR) is 103 cm³/mol. The largest absolute Gasteiger partial charge is 0.378 e. The summed E-state index contributed by atoms with van der Waals surface area (Å²) in [5.74, 6) is -0.702. The zero-order chi connectivity index (χ0) is 18.3. The second kappa shape index (κ2) is 6.59. The summed E-state index contributed by atoms with van der Waals surface area (Å²) in [6, 6.07) is 10.4. The fraction of sp³-hybridized carbons (Fsp3) is 0.222. The molecule has 0 spiro atoms. The zero-order valence-electron chi connectivity index (χ0n) is 13.6. The Balaban J connectivity index is 1.59. The lowest BCUT2D eigenvalue weighted by Crippen LogP contribution is -2.21. The van der Waals surface area contributed by atoms with Crippen LogP contribution < -0.4 is 11.1 Å². The number of thioether (sulfide) groups is 1. The van der Waals surface area contributed by atoms with E-state index in [0.717, 1.165) is 40.6 Å². The molecule has 2 amide bonds. The van der Waals surface area contributed by atoms with Gasteiger partial charge in [-0.3, -0.25) is 9.59 Å². The summed E-state index contributed by atoms with van der Waals surface area (Å²) < 4.78 is 0. The first kappa shape index (κ1) is 16.8. The molecule has 2 heterocycles. The molecule has 130 valence electrons. The van der Waals surface area contributed by atoms with Crippen molar-refractivity contribution < 1.29 is 9.59 Å². The molecule has 0 unspecified atom stereocenters. The molecule has 1 atom stereocenters. The van der Waals surface area contributed by atoms with Gasteiger partial charge in [0, 0.05) is 11.3 Å². The van der Waals surface area contributed by atoms with E-state index in [2.05, 4.69) is 22.4 Å². The Bertz CT molecular complexity index is 1000. The summed E-state index contributed by atoms with van der Waals surface area (Å²) in [4.78, 5) is 28.7. The highest BCUT2D eigenvalue weighted by Crippen LogP contribution is 2.44. The maximum atomic E-state index is 12.4. The van der Waals surface area contributed by atoms with Gasteiger partial charge >= 0.3 is 0 Å². The van der Waals surface area contributed by atoms with Crippen molar-refractivity contribution in [2.24, 2.45) is 10.7 Å². The van der Waals surface area contributed by atoms with Crippen molar-refractivity contribution in [3.05, 3.63) is 41.0 Å². The number of thiophene rings is 1. The van der Waals surface area contributed by atoms with Crippen molar-refractivity contribution in [3.63, 3.8) is 0 Å². The second-order valence-electron chi connectivity index (χ2n) is 6.03. The van der Waals surface area contributed by atoms with E-state index in [-0.39, 0.29) is 23.4 Å². The number of aryl methyl sites for hydroxylation is 1. The molecule has 1 aliphatic heterocycles. The number of hydrogen-bond donors (Lipinski definition) is 2. The number of amidine groups is 1.